The van der Waals surface area contributed by atoms with Crippen LogP contribution in [0, 0.1) is 0 Å². The van der Waals surface area contributed by atoms with Crippen molar-refractivity contribution >= 4 is 74.9 Å². The molecule has 0 saturated carbocycles. The zero-order valence-electron chi connectivity index (χ0n) is 24.8. The Morgan fingerprint density at radius 1 is 0.426 bits per heavy atom. The number of benzene rings is 6. The lowest BCUT2D eigenvalue weighted by Gasteiger charge is -2.12. The summed E-state index contributed by atoms with van der Waals surface area (Å²) < 4.78 is 5.75. The summed E-state index contributed by atoms with van der Waals surface area (Å²) in [6, 6.07) is 48.4. The number of para-hydroxylation sites is 3. The van der Waals surface area contributed by atoms with E-state index in [1.54, 1.807) is 22.7 Å². The first-order valence-corrected chi connectivity index (χ1v) is 17.0. The third kappa shape index (κ3) is 4.14. The molecule has 10 rings (SSSR count). The number of hydrogen-bond acceptors (Lipinski definition) is 6. The summed E-state index contributed by atoms with van der Waals surface area (Å²) in [6.45, 7) is 0. The Labute approximate surface area is 277 Å². The van der Waals surface area contributed by atoms with Crippen molar-refractivity contribution in [2.24, 2.45) is 0 Å². The number of hydrogen-bond donors (Lipinski definition) is 0. The number of fused-ring (bicyclic) bond motifs is 7. The average molecular weight is 638 g/mol. The average Bonchev–Trinajstić information content (AvgIpc) is 3.83. The maximum absolute atomic E-state index is 5.28. The lowest BCUT2D eigenvalue weighted by atomic mass is 10.0. The molecule has 0 bridgehead atoms. The topological polar surface area (TPSA) is 56.5 Å². The minimum atomic E-state index is 0.592. The molecular weight excluding hydrogens is 615 g/mol. The lowest BCUT2D eigenvalue weighted by molar-refractivity contribution is 0.954. The van der Waals surface area contributed by atoms with E-state index in [1.807, 2.05) is 24.3 Å². The Hall–Kier alpha value is -5.76. The molecule has 47 heavy (non-hydrogen) atoms. The SMILES string of the molecule is c1ccc(-c2nc(-c3cccc4sc5cccc(-c6nc7ccccc7s6)c5c34)nc(-n3c4ccccc4c4ccccc43)n2)cc1. The smallest absolute Gasteiger partial charge is 0.238 e. The van der Waals surface area contributed by atoms with Gasteiger partial charge in [-0.05, 0) is 36.4 Å². The first kappa shape index (κ1) is 26.5. The third-order valence-electron chi connectivity index (χ3n) is 8.72. The van der Waals surface area contributed by atoms with E-state index in [0.29, 0.717) is 17.6 Å². The molecule has 0 aliphatic rings. The number of aromatic nitrogens is 5. The molecule has 0 amide bonds. The molecule has 0 aliphatic heterocycles. The zero-order chi connectivity index (χ0) is 30.9. The van der Waals surface area contributed by atoms with Crippen molar-refractivity contribution < 1.29 is 0 Å². The van der Waals surface area contributed by atoms with Crippen molar-refractivity contribution in [1.29, 1.82) is 0 Å². The first-order chi connectivity index (χ1) is 23.3. The van der Waals surface area contributed by atoms with E-state index in [-0.39, 0.29) is 0 Å². The van der Waals surface area contributed by atoms with Crippen molar-refractivity contribution in [3.63, 3.8) is 0 Å². The van der Waals surface area contributed by atoms with Crippen LogP contribution in [0.5, 0.6) is 0 Å². The van der Waals surface area contributed by atoms with Crippen LogP contribution in [-0.2, 0) is 0 Å². The summed E-state index contributed by atoms with van der Waals surface area (Å²) in [5, 5.41) is 5.66. The highest BCUT2D eigenvalue weighted by molar-refractivity contribution is 7.26. The van der Waals surface area contributed by atoms with Gasteiger partial charge in [0.25, 0.3) is 0 Å². The maximum atomic E-state index is 5.28. The van der Waals surface area contributed by atoms with Gasteiger partial charge in [0.2, 0.25) is 5.95 Å². The van der Waals surface area contributed by atoms with Gasteiger partial charge in [0.05, 0.1) is 21.3 Å². The summed E-state index contributed by atoms with van der Waals surface area (Å²) >= 11 is 3.52. The number of rotatable bonds is 4. The predicted molar refractivity (Wildman–Crippen MR) is 197 cm³/mol. The van der Waals surface area contributed by atoms with Crippen molar-refractivity contribution in [2.75, 3.05) is 0 Å². The summed E-state index contributed by atoms with van der Waals surface area (Å²) in [5.74, 6) is 1.87. The molecule has 0 fully saturated rings. The van der Waals surface area contributed by atoms with Gasteiger partial charge in [-0.2, -0.15) is 9.97 Å². The van der Waals surface area contributed by atoms with E-state index in [2.05, 4.69) is 120 Å². The second kappa shape index (κ2) is 10.4. The monoisotopic (exact) mass is 637 g/mol. The molecule has 6 aromatic carbocycles. The highest BCUT2D eigenvalue weighted by atomic mass is 32.1. The second-order valence-corrected chi connectivity index (χ2v) is 13.6. The predicted octanol–water partition coefficient (Wildman–Crippen LogP) is 10.9. The molecule has 0 unspecified atom stereocenters. The van der Waals surface area contributed by atoms with Gasteiger partial charge in [0.15, 0.2) is 11.6 Å². The Kier molecular flexibility index (Phi) is 5.85. The number of thiazole rings is 1. The van der Waals surface area contributed by atoms with E-state index in [4.69, 9.17) is 19.9 Å². The molecular formula is C40H23N5S2. The third-order valence-corrected chi connectivity index (χ3v) is 10.9. The number of nitrogens with zero attached hydrogens (tertiary/aromatic N) is 5. The molecule has 5 nitrogen and oxygen atoms in total. The second-order valence-electron chi connectivity index (χ2n) is 11.5. The van der Waals surface area contributed by atoms with Crippen molar-refractivity contribution in [3.05, 3.63) is 140 Å². The lowest BCUT2D eigenvalue weighted by Crippen LogP contribution is -2.06. The van der Waals surface area contributed by atoms with Gasteiger partial charge < -0.3 is 0 Å². The van der Waals surface area contributed by atoms with Crippen molar-refractivity contribution in [1.82, 2.24) is 24.5 Å². The highest BCUT2D eigenvalue weighted by Crippen LogP contribution is 2.45. The highest BCUT2D eigenvalue weighted by Gasteiger charge is 2.21. The van der Waals surface area contributed by atoms with Crippen LogP contribution in [0.4, 0.5) is 0 Å². The summed E-state index contributed by atoms with van der Waals surface area (Å²) in [7, 11) is 0. The van der Waals surface area contributed by atoms with Crippen LogP contribution in [0.15, 0.2) is 140 Å². The van der Waals surface area contributed by atoms with Crippen LogP contribution in [0.25, 0.3) is 91.5 Å². The zero-order valence-corrected chi connectivity index (χ0v) is 26.5. The van der Waals surface area contributed by atoms with Crippen molar-refractivity contribution in [2.45, 2.75) is 0 Å². The Balaban J connectivity index is 1.29. The van der Waals surface area contributed by atoms with Crippen LogP contribution in [-0.4, -0.2) is 24.5 Å². The van der Waals surface area contributed by atoms with Crippen LogP contribution >= 0.6 is 22.7 Å². The van der Waals surface area contributed by atoms with Gasteiger partial charge in [-0.1, -0.05) is 103 Å². The molecule has 0 aliphatic carbocycles. The molecule has 0 spiro atoms. The fourth-order valence-corrected chi connectivity index (χ4v) is 8.81. The molecule has 0 N–H and O–H groups in total. The van der Waals surface area contributed by atoms with E-state index >= 15 is 0 Å². The van der Waals surface area contributed by atoms with Crippen LogP contribution in [0.2, 0.25) is 0 Å². The summed E-state index contributed by atoms with van der Waals surface area (Å²) in [4.78, 5) is 20.6. The quantitative estimate of drug-likeness (QED) is 0.193. The van der Waals surface area contributed by atoms with E-state index < -0.39 is 0 Å². The van der Waals surface area contributed by atoms with E-state index in [9.17, 15) is 0 Å². The van der Waals surface area contributed by atoms with Crippen LogP contribution in [0.3, 0.4) is 0 Å². The van der Waals surface area contributed by atoms with Gasteiger partial charge in [0, 0.05) is 47.6 Å². The minimum Gasteiger partial charge on any atom is -0.278 e. The molecule has 10 aromatic rings. The molecule has 7 heteroatoms. The minimum absolute atomic E-state index is 0.592. The Morgan fingerprint density at radius 2 is 1.02 bits per heavy atom. The summed E-state index contributed by atoms with van der Waals surface area (Å²) in [6.07, 6.45) is 0. The Morgan fingerprint density at radius 3 is 1.77 bits per heavy atom. The molecule has 4 aromatic heterocycles. The van der Waals surface area contributed by atoms with Gasteiger partial charge in [-0.15, -0.1) is 22.7 Å². The van der Waals surface area contributed by atoms with E-state index in [1.165, 1.54) is 19.5 Å². The standard InChI is InChI=1S/C40H23N5S2/c1-2-12-24(13-3-1)37-42-38(44-40(43-37)45-30-19-7-4-14-25(30)26-15-5-8-20-31(26)45)27-16-10-22-33-35(27)36-28(17-11-23-34(36)46-33)39-41-29-18-6-9-21-32(29)47-39/h1-23H. The van der Waals surface area contributed by atoms with Gasteiger partial charge in [-0.25, -0.2) is 9.97 Å². The van der Waals surface area contributed by atoms with E-state index in [0.717, 1.165) is 54.4 Å². The van der Waals surface area contributed by atoms with Crippen LogP contribution in [0.1, 0.15) is 0 Å². The molecule has 0 atom stereocenters. The molecule has 4 heterocycles. The molecule has 0 radical (unpaired) electrons. The van der Waals surface area contributed by atoms with Gasteiger partial charge >= 0.3 is 0 Å². The molecule has 0 saturated heterocycles. The molecule has 220 valence electrons. The maximum Gasteiger partial charge on any atom is 0.238 e. The van der Waals surface area contributed by atoms with Gasteiger partial charge in [0.1, 0.15) is 5.01 Å². The fraction of sp³-hybridized carbons (Fsp3) is 0. The Bertz CT molecular complexity index is 2720. The normalized spacial score (nSPS) is 11.8. The number of thiophene rings is 1. The first-order valence-electron chi connectivity index (χ1n) is 15.4. The van der Waals surface area contributed by atoms with Gasteiger partial charge in [-0.3, -0.25) is 4.57 Å². The largest absolute Gasteiger partial charge is 0.278 e. The van der Waals surface area contributed by atoms with Crippen LogP contribution < -0.4 is 0 Å². The fourth-order valence-electron chi connectivity index (χ4n) is 6.66. The summed E-state index contributed by atoms with van der Waals surface area (Å²) in [5.41, 5.74) is 6.18. The van der Waals surface area contributed by atoms with Crippen molar-refractivity contribution in [3.8, 4) is 39.3 Å².